The van der Waals surface area contributed by atoms with Crippen LogP contribution in [0.15, 0.2) is 12.1 Å². The molecular formula is C15H20F2N2O2. The van der Waals surface area contributed by atoms with Gasteiger partial charge in [0.05, 0.1) is 6.61 Å². The van der Waals surface area contributed by atoms with Gasteiger partial charge in [-0.25, -0.2) is 13.6 Å². The molecule has 0 atom stereocenters. The van der Waals surface area contributed by atoms with Gasteiger partial charge in [0, 0.05) is 18.8 Å². The second kappa shape index (κ2) is 7.24. The van der Waals surface area contributed by atoms with Crippen LogP contribution in [-0.4, -0.2) is 25.8 Å². The third-order valence-corrected chi connectivity index (χ3v) is 3.46. The molecule has 1 amide bonds. The monoisotopic (exact) mass is 298 g/mol. The molecule has 0 radical (unpaired) electrons. The van der Waals surface area contributed by atoms with Crippen molar-refractivity contribution in [2.45, 2.75) is 32.6 Å². The first-order valence-electron chi connectivity index (χ1n) is 7.29. The Hall–Kier alpha value is -1.85. The minimum Gasteiger partial charge on any atom is -0.449 e. The Morgan fingerprint density at radius 1 is 1.29 bits per heavy atom. The van der Waals surface area contributed by atoms with Gasteiger partial charge in [0.2, 0.25) is 0 Å². The highest BCUT2D eigenvalue weighted by Gasteiger charge is 2.19. The Morgan fingerprint density at radius 2 is 1.90 bits per heavy atom. The average Bonchev–Trinajstić information content (AvgIpc) is 2.97. The van der Waals surface area contributed by atoms with E-state index in [2.05, 4.69) is 5.32 Å². The number of nitrogens with zero attached hydrogens (tertiary/aromatic N) is 1. The quantitative estimate of drug-likeness (QED) is 0.838. The van der Waals surface area contributed by atoms with E-state index in [4.69, 9.17) is 4.74 Å². The number of halogens is 2. The van der Waals surface area contributed by atoms with Gasteiger partial charge >= 0.3 is 6.09 Å². The van der Waals surface area contributed by atoms with Gasteiger partial charge in [-0.2, -0.15) is 0 Å². The van der Waals surface area contributed by atoms with Gasteiger partial charge < -0.3 is 9.64 Å². The molecule has 1 aliphatic heterocycles. The summed E-state index contributed by atoms with van der Waals surface area (Å²) in [6.45, 7) is 3.78. The minimum absolute atomic E-state index is 0.234. The number of carbonyl (C=O) groups is 1. The minimum atomic E-state index is -0.838. The van der Waals surface area contributed by atoms with Crippen LogP contribution < -0.4 is 10.2 Å². The zero-order valence-electron chi connectivity index (χ0n) is 12.1. The summed E-state index contributed by atoms with van der Waals surface area (Å²) in [5, 5.41) is 2.13. The van der Waals surface area contributed by atoms with Gasteiger partial charge in [-0.05, 0) is 31.4 Å². The average molecular weight is 298 g/mol. The second-order valence-corrected chi connectivity index (χ2v) is 5.09. The molecule has 0 unspecified atom stereocenters. The molecule has 1 aliphatic rings. The fourth-order valence-corrected chi connectivity index (χ4v) is 2.28. The molecule has 0 saturated carbocycles. The number of ether oxygens (including phenoxy) is 1. The van der Waals surface area contributed by atoms with Crippen molar-refractivity contribution in [2.24, 2.45) is 0 Å². The van der Waals surface area contributed by atoms with E-state index in [0.717, 1.165) is 32.4 Å². The Morgan fingerprint density at radius 3 is 2.48 bits per heavy atom. The van der Waals surface area contributed by atoms with Crippen LogP contribution in [0.1, 0.15) is 32.6 Å². The maximum Gasteiger partial charge on any atom is 0.411 e. The number of rotatable bonds is 5. The lowest BCUT2D eigenvalue weighted by Crippen LogP contribution is -2.20. The van der Waals surface area contributed by atoms with Crippen LogP contribution in [0.2, 0.25) is 0 Å². The van der Waals surface area contributed by atoms with Crippen LogP contribution in [0.25, 0.3) is 0 Å². The number of benzene rings is 1. The standard InChI is InChI=1S/C15H20F2N2O2/c1-2-3-8-21-15(20)18-14-12(16)9-11(10-13(14)17)19-6-4-5-7-19/h9-10H,2-8H2,1H3,(H,18,20). The maximum absolute atomic E-state index is 14.0. The Bertz CT molecular complexity index is 479. The summed E-state index contributed by atoms with van der Waals surface area (Å²) in [4.78, 5) is 13.4. The molecule has 1 aromatic rings. The van der Waals surface area contributed by atoms with E-state index in [1.165, 1.54) is 12.1 Å². The largest absolute Gasteiger partial charge is 0.449 e. The summed E-state index contributed by atoms with van der Waals surface area (Å²) in [7, 11) is 0. The fraction of sp³-hybridized carbons (Fsp3) is 0.533. The Balaban J connectivity index is 2.04. The number of unbranched alkanes of at least 4 members (excludes halogenated alkanes) is 1. The van der Waals surface area contributed by atoms with Crippen molar-refractivity contribution >= 4 is 17.5 Å². The molecule has 1 N–H and O–H groups in total. The van der Waals surface area contributed by atoms with Crippen molar-refractivity contribution in [2.75, 3.05) is 29.9 Å². The Labute approximate surface area is 123 Å². The molecule has 0 aliphatic carbocycles. The molecule has 0 spiro atoms. The number of carbonyl (C=O) groups excluding carboxylic acids is 1. The molecule has 2 rings (SSSR count). The van der Waals surface area contributed by atoms with Crippen molar-refractivity contribution < 1.29 is 18.3 Å². The number of hydrogen-bond donors (Lipinski definition) is 1. The lowest BCUT2D eigenvalue weighted by atomic mass is 10.2. The smallest absolute Gasteiger partial charge is 0.411 e. The first-order chi connectivity index (χ1) is 10.1. The summed E-state index contributed by atoms with van der Waals surface area (Å²) in [5.74, 6) is -1.58. The van der Waals surface area contributed by atoms with E-state index >= 15 is 0 Å². The molecule has 21 heavy (non-hydrogen) atoms. The van der Waals surface area contributed by atoms with Gasteiger partial charge in [0.25, 0.3) is 0 Å². The molecule has 1 heterocycles. The zero-order valence-corrected chi connectivity index (χ0v) is 12.1. The highest BCUT2D eigenvalue weighted by Crippen LogP contribution is 2.28. The molecule has 6 heteroatoms. The van der Waals surface area contributed by atoms with E-state index in [1.807, 2.05) is 11.8 Å². The van der Waals surface area contributed by atoms with Crippen LogP contribution in [0, 0.1) is 11.6 Å². The third-order valence-electron chi connectivity index (χ3n) is 3.46. The van der Waals surface area contributed by atoms with E-state index in [0.29, 0.717) is 12.1 Å². The van der Waals surface area contributed by atoms with Crippen LogP contribution in [0.5, 0.6) is 0 Å². The number of anilines is 2. The van der Waals surface area contributed by atoms with Crippen LogP contribution in [0.3, 0.4) is 0 Å². The highest BCUT2D eigenvalue weighted by molar-refractivity contribution is 5.85. The number of nitrogens with one attached hydrogen (secondary N) is 1. The summed E-state index contributed by atoms with van der Waals surface area (Å²) >= 11 is 0. The normalized spacial score (nSPS) is 14.3. The van der Waals surface area contributed by atoms with Crippen molar-refractivity contribution in [3.63, 3.8) is 0 Å². The molecule has 1 saturated heterocycles. The molecule has 116 valence electrons. The number of amides is 1. The summed E-state index contributed by atoms with van der Waals surface area (Å²) in [6, 6.07) is 2.49. The Kier molecular flexibility index (Phi) is 5.36. The predicted molar refractivity (Wildman–Crippen MR) is 77.7 cm³/mol. The third kappa shape index (κ3) is 4.06. The van der Waals surface area contributed by atoms with Crippen molar-refractivity contribution in [1.82, 2.24) is 0 Å². The summed E-state index contributed by atoms with van der Waals surface area (Å²) in [5.41, 5.74) is 0.0480. The first kappa shape index (κ1) is 15.5. The topological polar surface area (TPSA) is 41.6 Å². The van der Waals surface area contributed by atoms with Crippen molar-refractivity contribution in [3.05, 3.63) is 23.8 Å². The van der Waals surface area contributed by atoms with Crippen LogP contribution in [0.4, 0.5) is 25.0 Å². The van der Waals surface area contributed by atoms with Gasteiger partial charge in [0.1, 0.15) is 5.69 Å². The van der Waals surface area contributed by atoms with Gasteiger partial charge in [-0.15, -0.1) is 0 Å². The van der Waals surface area contributed by atoms with Crippen LogP contribution >= 0.6 is 0 Å². The van der Waals surface area contributed by atoms with Crippen molar-refractivity contribution in [3.8, 4) is 0 Å². The van der Waals surface area contributed by atoms with Crippen LogP contribution in [-0.2, 0) is 4.74 Å². The zero-order chi connectivity index (χ0) is 15.2. The van der Waals surface area contributed by atoms with E-state index in [1.54, 1.807) is 0 Å². The SMILES string of the molecule is CCCCOC(=O)Nc1c(F)cc(N2CCCC2)cc1F. The maximum atomic E-state index is 14.0. The van der Waals surface area contributed by atoms with Gasteiger partial charge in [-0.3, -0.25) is 5.32 Å². The summed E-state index contributed by atoms with van der Waals surface area (Å²) in [6.07, 6.45) is 2.79. The van der Waals surface area contributed by atoms with Crippen molar-refractivity contribution in [1.29, 1.82) is 0 Å². The molecule has 0 aromatic heterocycles. The fourth-order valence-electron chi connectivity index (χ4n) is 2.28. The highest BCUT2D eigenvalue weighted by atomic mass is 19.1. The lowest BCUT2D eigenvalue weighted by molar-refractivity contribution is 0.159. The molecular weight excluding hydrogens is 278 g/mol. The van der Waals surface area contributed by atoms with E-state index in [-0.39, 0.29) is 6.61 Å². The summed E-state index contributed by atoms with van der Waals surface area (Å²) < 4.78 is 32.8. The number of hydrogen-bond acceptors (Lipinski definition) is 3. The second-order valence-electron chi connectivity index (χ2n) is 5.09. The lowest BCUT2D eigenvalue weighted by Gasteiger charge is -2.19. The molecule has 4 nitrogen and oxygen atoms in total. The molecule has 0 bridgehead atoms. The molecule has 1 aromatic carbocycles. The van der Waals surface area contributed by atoms with E-state index < -0.39 is 23.4 Å². The molecule has 1 fully saturated rings. The van der Waals surface area contributed by atoms with Gasteiger partial charge in [0.15, 0.2) is 11.6 Å². The van der Waals surface area contributed by atoms with E-state index in [9.17, 15) is 13.6 Å². The first-order valence-corrected chi connectivity index (χ1v) is 7.29. The van der Waals surface area contributed by atoms with Gasteiger partial charge in [-0.1, -0.05) is 13.3 Å². The predicted octanol–water partition coefficient (Wildman–Crippen LogP) is 3.91.